The van der Waals surface area contributed by atoms with Crippen LogP contribution in [0.1, 0.15) is 31.1 Å². The van der Waals surface area contributed by atoms with Crippen LogP contribution in [0.4, 0.5) is 5.69 Å². The average Bonchev–Trinajstić information content (AvgIpc) is 2.37. The van der Waals surface area contributed by atoms with E-state index in [0.29, 0.717) is 17.8 Å². The number of nitrogens with zero attached hydrogens (tertiary/aromatic N) is 1. The smallest absolute Gasteiger partial charge is 0.238 e. The molecule has 1 fully saturated rings. The van der Waals surface area contributed by atoms with Crippen LogP contribution in [0.2, 0.25) is 0 Å². The fourth-order valence-electron chi connectivity index (χ4n) is 2.71. The predicted molar refractivity (Wildman–Crippen MR) is 81.5 cm³/mol. The second-order valence-corrected chi connectivity index (χ2v) is 5.60. The lowest BCUT2D eigenvalue weighted by atomic mass is 10.1. The Hall–Kier alpha value is -1.72. The van der Waals surface area contributed by atoms with Gasteiger partial charge >= 0.3 is 0 Å². The zero-order chi connectivity index (χ0) is 15.4. The van der Waals surface area contributed by atoms with Gasteiger partial charge in [-0.1, -0.05) is 12.1 Å². The van der Waals surface area contributed by atoms with E-state index in [1.54, 1.807) is 24.3 Å². The largest absolute Gasteiger partial charge is 0.373 e. The zero-order valence-electron chi connectivity index (χ0n) is 12.8. The number of ketones is 1. The third-order valence-corrected chi connectivity index (χ3v) is 3.44. The van der Waals surface area contributed by atoms with Crippen molar-refractivity contribution >= 4 is 17.4 Å². The van der Waals surface area contributed by atoms with Crippen LogP contribution in [0, 0.1) is 0 Å². The molecule has 5 nitrogen and oxygen atoms in total. The summed E-state index contributed by atoms with van der Waals surface area (Å²) in [5.41, 5.74) is 1.11. The van der Waals surface area contributed by atoms with Crippen LogP contribution >= 0.6 is 0 Å². The number of morpholine rings is 1. The summed E-state index contributed by atoms with van der Waals surface area (Å²) in [6, 6.07) is 7.06. The van der Waals surface area contributed by atoms with E-state index in [1.165, 1.54) is 6.92 Å². The maximum atomic E-state index is 12.2. The van der Waals surface area contributed by atoms with Crippen LogP contribution in [0.3, 0.4) is 0 Å². The maximum Gasteiger partial charge on any atom is 0.238 e. The Kier molecular flexibility index (Phi) is 5.09. The number of amides is 1. The van der Waals surface area contributed by atoms with Crippen molar-refractivity contribution in [2.24, 2.45) is 0 Å². The number of anilines is 1. The number of rotatable bonds is 4. The van der Waals surface area contributed by atoms with Crippen molar-refractivity contribution in [3.05, 3.63) is 29.8 Å². The molecule has 0 aromatic heterocycles. The molecule has 2 rings (SSSR count). The van der Waals surface area contributed by atoms with E-state index in [9.17, 15) is 9.59 Å². The molecular weight excluding hydrogens is 268 g/mol. The molecule has 1 amide bonds. The molecule has 0 bridgehead atoms. The lowest BCUT2D eigenvalue weighted by molar-refractivity contribution is -0.121. The molecule has 0 aliphatic carbocycles. The Labute approximate surface area is 125 Å². The van der Waals surface area contributed by atoms with Crippen molar-refractivity contribution in [1.29, 1.82) is 0 Å². The molecular formula is C16H22N2O3. The Balaban J connectivity index is 1.97. The SMILES string of the molecule is CC(=O)c1ccccc1NC(=O)CN1C[C@@H](C)O[C@@H](C)C1. The lowest BCUT2D eigenvalue weighted by Gasteiger charge is -2.34. The minimum Gasteiger partial charge on any atom is -0.373 e. The van der Waals surface area contributed by atoms with Crippen molar-refractivity contribution in [1.82, 2.24) is 4.90 Å². The summed E-state index contributed by atoms with van der Waals surface area (Å²) < 4.78 is 5.65. The van der Waals surface area contributed by atoms with Crippen LogP contribution in [0.15, 0.2) is 24.3 Å². The summed E-state index contributed by atoms with van der Waals surface area (Å²) in [6.07, 6.45) is 0.261. The van der Waals surface area contributed by atoms with E-state index in [0.717, 1.165) is 13.1 Å². The first kappa shape index (κ1) is 15.7. The van der Waals surface area contributed by atoms with Gasteiger partial charge in [0.1, 0.15) is 0 Å². The third-order valence-electron chi connectivity index (χ3n) is 3.44. The topological polar surface area (TPSA) is 58.6 Å². The van der Waals surface area contributed by atoms with Crippen molar-refractivity contribution in [3.8, 4) is 0 Å². The van der Waals surface area contributed by atoms with Gasteiger partial charge in [-0.05, 0) is 32.9 Å². The molecule has 0 unspecified atom stereocenters. The molecule has 1 aliphatic rings. The minimum atomic E-state index is -0.106. The van der Waals surface area contributed by atoms with Gasteiger partial charge in [0, 0.05) is 18.7 Å². The number of ether oxygens (including phenoxy) is 1. The first-order valence-electron chi connectivity index (χ1n) is 7.23. The van der Waals surface area contributed by atoms with E-state index in [4.69, 9.17) is 4.74 Å². The predicted octanol–water partition coefficient (Wildman–Crippen LogP) is 1.94. The highest BCUT2D eigenvalue weighted by molar-refractivity contribution is 6.04. The average molecular weight is 290 g/mol. The highest BCUT2D eigenvalue weighted by Gasteiger charge is 2.23. The number of hydrogen-bond donors (Lipinski definition) is 1. The molecule has 0 spiro atoms. The van der Waals surface area contributed by atoms with Gasteiger partial charge in [-0.15, -0.1) is 0 Å². The quantitative estimate of drug-likeness (QED) is 0.861. The Bertz CT molecular complexity index is 520. The van der Waals surface area contributed by atoms with E-state index < -0.39 is 0 Å². The zero-order valence-corrected chi connectivity index (χ0v) is 12.8. The van der Waals surface area contributed by atoms with Crippen molar-refractivity contribution in [3.63, 3.8) is 0 Å². The number of benzene rings is 1. The van der Waals surface area contributed by atoms with Crippen molar-refractivity contribution in [2.75, 3.05) is 25.0 Å². The lowest BCUT2D eigenvalue weighted by Crippen LogP contribution is -2.48. The van der Waals surface area contributed by atoms with Gasteiger partial charge in [0.15, 0.2) is 5.78 Å². The van der Waals surface area contributed by atoms with E-state index in [1.807, 2.05) is 13.8 Å². The third kappa shape index (κ3) is 4.37. The summed E-state index contributed by atoms with van der Waals surface area (Å²) in [5, 5.41) is 2.83. The molecule has 1 heterocycles. The second kappa shape index (κ2) is 6.83. The van der Waals surface area contributed by atoms with Crippen LogP contribution < -0.4 is 5.32 Å². The maximum absolute atomic E-state index is 12.2. The molecule has 21 heavy (non-hydrogen) atoms. The van der Waals surface area contributed by atoms with Crippen molar-refractivity contribution in [2.45, 2.75) is 33.0 Å². The number of carbonyl (C=O) groups excluding carboxylic acids is 2. The minimum absolute atomic E-state index is 0.0560. The second-order valence-electron chi connectivity index (χ2n) is 5.60. The highest BCUT2D eigenvalue weighted by atomic mass is 16.5. The van der Waals surface area contributed by atoms with Gasteiger partial charge in [0.2, 0.25) is 5.91 Å². The molecule has 114 valence electrons. The fraction of sp³-hybridized carbons (Fsp3) is 0.500. The van der Waals surface area contributed by atoms with Crippen LogP contribution in [0.5, 0.6) is 0 Å². The summed E-state index contributed by atoms with van der Waals surface area (Å²) in [7, 11) is 0. The molecule has 1 aromatic rings. The molecule has 1 saturated heterocycles. The van der Waals surface area contributed by atoms with E-state index in [-0.39, 0.29) is 23.9 Å². The van der Waals surface area contributed by atoms with Crippen molar-refractivity contribution < 1.29 is 14.3 Å². The van der Waals surface area contributed by atoms with Crippen LogP contribution in [-0.2, 0) is 9.53 Å². The van der Waals surface area contributed by atoms with E-state index >= 15 is 0 Å². The summed E-state index contributed by atoms with van der Waals surface area (Å²) >= 11 is 0. The summed E-state index contributed by atoms with van der Waals surface area (Å²) in [6.45, 7) is 7.30. The summed E-state index contributed by atoms with van der Waals surface area (Å²) in [4.78, 5) is 25.8. The number of hydrogen-bond acceptors (Lipinski definition) is 4. The summed E-state index contributed by atoms with van der Waals surface area (Å²) in [5.74, 6) is -0.162. The normalized spacial score (nSPS) is 22.8. The van der Waals surface area contributed by atoms with Gasteiger partial charge < -0.3 is 10.1 Å². The van der Waals surface area contributed by atoms with Crippen LogP contribution in [-0.4, -0.2) is 48.4 Å². The Morgan fingerprint density at radius 1 is 1.24 bits per heavy atom. The number of Topliss-reactive ketones (excluding diaryl/α,β-unsaturated/α-hetero) is 1. The first-order chi connectivity index (χ1) is 9.95. The monoisotopic (exact) mass is 290 g/mol. The van der Waals surface area contributed by atoms with Gasteiger partial charge in [-0.3, -0.25) is 14.5 Å². The fourth-order valence-corrected chi connectivity index (χ4v) is 2.71. The Morgan fingerprint density at radius 3 is 2.48 bits per heavy atom. The highest BCUT2D eigenvalue weighted by Crippen LogP contribution is 2.16. The van der Waals surface area contributed by atoms with Gasteiger partial charge in [0.05, 0.1) is 24.4 Å². The van der Waals surface area contributed by atoms with E-state index in [2.05, 4.69) is 10.2 Å². The van der Waals surface area contributed by atoms with Gasteiger partial charge in [0.25, 0.3) is 0 Å². The van der Waals surface area contributed by atoms with Gasteiger partial charge in [-0.2, -0.15) is 0 Å². The van der Waals surface area contributed by atoms with Gasteiger partial charge in [-0.25, -0.2) is 0 Å². The number of nitrogens with one attached hydrogen (secondary N) is 1. The Morgan fingerprint density at radius 2 is 1.86 bits per heavy atom. The standard InChI is InChI=1S/C16H22N2O3/c1-11-8-18(9-12(2)21-11)10-16(20)17-15-7-5-4-6-14(15)13(3)19/h4-7,11-12H,8-10H2,1-3H3,(H,17,20)/t11-,12+. The number of para-hydroxylation sites is 1. The molecule has 2 atom stereocenters. The first-order valence-corrected chi connectivity index (χ1v) is 7.23. The molecule has 5 heteroatoms. The molecule has 1 aliphatic heterocycles. The van der Waals surface area contributed by atoms with Crippen LogP contribution in [0.25, 0.3) is 0 Å². The molecule has 1 aromatic carbocycles. The molecule has 0 saturated carbocycles. The molecule has 1 N–H and O–H groups in total. The number of carbonyl (C=O) groups is 2. The molecule has 0 radical (unpaired) electrons.